The van der Waals surface area contributed by atoms with Crippen molar-refractivity contribution in [1.29, 1.82) is 0 Å². The molecule has 0 aromatic heterocycles. The van der Waals surface area contributed by atoms with Crippen LogP contribution in [0.25, 0.3) is 0 Å². The summed E-state index contributed by atoms with van der Waals surface area (Å²) < 4.78 is 0. The fourth-order valence-electron chi connectivity index (χ4n) is 2.86. The van der Waals surface area contributed by atoms with Crippen LogP contribution in [0.1, 0.15) is 87.4 Å². The molecule has 0 aliphatic carbocycles. The Kier molecular flexibility index (Phi) is 10.9. The number of aromatic hydroxyl groups is 1. The van der Waals surface area contributed by atoms with Crippen molar-refractivity contribution in [2.24, 2.45) is 5.41 Å². The Balaban J connectivity index is 0.00000676. The first-order chi connectivity index (χ1) is 12.1. The predicted octanol–water partition coefficient (Wildman–Crippen LogP) is 5.23. The zero-order valence-corrected chi connectivity index (χ0v) is 16.5. The van der Waals surface area contributed by atoms with E-state index in [0.717, 1.165) is 32.0 Å². The molecule has 0 fully saturated rings. The molecule has 1 aromatic rings. The third kappa shape index (κ3) is 10.8. The maximum atomic E-state index is 12.2. The highest BCUT2D eigenvalue weighted by Gasteiger charge is 2.12. The molecule has 0 saturated heterocycles. The van der Waals surface area contributed by atoms with E-state index in [4.69, 9.17) is 5.11 Å². The van der Waals surface area contributed by atoms with Gasteiger partial charge in [-0.1, -0.05) is 34.6 Å². The molecule has 0 radical (unpaired) electrons. The smallest absolute Gasteiger partial charge is 0.335 e. The molecule has 0 aliphatic heterocycles. The zero-order valence-electron chi connectivity index (χ0n) is 16.5. The monoisotopic (exact) mass is 379 g/mol. The normalized spacial score (nSPS) is 11.3. The molecule has 1 aromatic carbocycles. The minimum atomic E-state index is -1.15. The van der Waals surface area contributed by atoms with Gasteiger partial charge in [-0.15, -0.1) is 0 Å². The summed E-state index contributed by atoms with van der Waals surface area (Å²) in [5.74, 6) is -1.47. The molecular weight excluding hydrogens is 342 g/mol. The molecule has 0 heterocycles. The Morgan fingerprint density at radius 1 is 0.963 bits per heavy atom. The topological polar surface area (TPSA) is 77.8 Å². The first kappa shape index (κ1) is 25.1. The first-order valence-corrected chi connectivity index (χ1v) is 9.37. The molecular formula is C22H37NO4. The first-order valence-electron chi connectivity index (χ1n) is 9.37. The van der Waals surface area contributed by atoms with Crippen molar-refractivity contribution in [3.8, 4) is 5.75 Å². The number of rotatable bonds is 11. The number of carboxylic acids is 1. The Labute approximate surface area is 164 Å². The fraction of sp³-hybridized carbons (Fsp3) is 0.636. The molecule has 5 heteroatoms. The van der Waals surface area contributed by atoms with Gasteiger partial charge in [-0.3, -0.25) is 4.79 Å². The van der Waals surface area contributed by atoms with Crippen molar-refractivity contribution in [1.82, 2.24) is 4.90 Å². The van der Waals surface area contributed by atoms with Gasteiger partial charge in [-0.05, 0) is 69.4 Å². The number of benzene rings is 1. The second-order valence-electron chi connectivity index (χ2n) is 8.28. The summed E-state index contributed by atoms with van der Waals surface area (Å²) in [7, 11) is 2.10. The molecule has 0 saturated carbocycles. The van der Waals surface area contributed by atoms with Gasteiger partial charge in [-0.25, -0.2) is 4.79 Å². The van der Waals surface area contributed by atoms with E-state index in [-0.39, 0.29) is 30.1 Å². The summed E-state index contributed by atoms with van der Waals surface area (Å²) in [6.07, 6.45) is 5.69. The lowest BCUT2D eigenvalue weighted by Crippen LogP contribution is -2.21. The lowest BCUT2D eigenvalue weighted by molar-refractivity contribution is 0.0696. The van der Waals surface area contributed by atoms with E-state index in [1.54, 1.807) is 0 Å². The molecule has 2 N–H and O–H groups in total. The number of ketones is 1. The Morgan fingerprint density at radius 3 is 2.07 bits per heavy atom. The molecule has 0 unspecified atom stereocenters. The van der Waals surface area contributed by atoms with E-state index in [0.29, 0.717) is 11.8 Å². The molecule has 1 rings (SSSR count). The van der Waals surface area contributed by atoms with Crippen molar-refractivity contribution in [3.63, 3.8) is 0 Å². The number of hydrogen-bond acceptors (Lipinski definition) is 4. The number of carbonyl (C=O) groups is 2. The van der Waals surface area contributed by atoms with Gasteiger partial charge in [0.2, 0.25) is 0 Å². The minimum absolute atomic E-state index is 0. The highest BCUT2D eigenvalue weighted by atomic mass is 16.4. The Morgan fingerprint density at radius 2 is 1.52 bits per heavy atom. The average Bonchev–Trinajstić information content (AvgIpc) is 2.54. The maximum Gasteiger partial charge on any atom is 0.335 e. The van der Waals surface area contributed by atoms with Crippen LogP contribution in [0.4, 0.5) is 0 Å². The van der Waals surface area contributed by atoms with Crippen LogP contribution < -0.4 is 0 Å². The van der Waals surface area contributed by atoms with Crippen LogP contribution in [0.2, 0.25) is 0 Å². The van der Waals surface area contributed by atoms with E-state index in [1.165, 1.54) is 31.4 Å². The number of Topliss-reactive ketones (excluding diaryl/α,β-unsaturated/α-hetero) is 1. The number of phenolic OH excluding ortho intramolecular Hbond substituents is 1. The number of carbonyl (C=O) groups excluding carboxylic acids is 1. The fourth-order valence-corrected chi connectivity index (χ4v) is 2.86. The quantitative estimate of drug-likeness (QED) is 0.407. The number of phenols is 1. The predicted molar refractivity (Wildman–Crippen MR) is 111 cm³/mol. The largest absolute Gasteiger partial charge is 0.508 e. The van der Waals surface area contributed by atoms with Gasteiger partial charge in [0.15, 0.2) is 5.78 Å². The van der Waals surface area contributed by atoms with E-state index in [2.05, 4.69) is 32.7 Å². The summed E-state index contributed by atoms with van der Waals surface area (Å²) in [5, 5.41) is 18.6. The van der Waals surface area contributed by atoms with Gasteiger partial charge in [0.1, 0.15) is 5.75 Å². The van der Waals surface area contributed by atoms with Gasteiger partial charge in [0, 0.05) is 12.0 Å². The molecule has 0 amide bonds. The summed E-state index contributed by atoms with van der Waals surface area (Å²) in [6, 6.07) is 3.80. The summed E-state index contributed by atoms with van der Waals surface area (Å²) in [5.41, 5.74) is 0.590. The van der Waals surface area contributed by atoms with Gasteiger partial charge in [-0.2, -0.15) is 0 Å². The standard InChI is InChI=1S/C21H33NO4.CH4/c1-21(2,3)10-6-8-12-22(4)11-7-5-9-19(24)16-13-17(20(25)26)15-18(23)14-16;/h13-15,23H,5-12H2,1-4H3,(H,25,26);1H4. The SMILES string of the molecule is C.CN(CCCCC(=O)c1cc(O)cc(C(=O)O)c1)CCCCC(C)(C)C. The number of nitrogens with zero attached hydrogens (tertiary/aromatic N) is 1. The van der Waals surface area contributed by atoms with Gasteiger partial charge in [0.25, 0.3) is 0 Å². The number of unbranched alkanes of at least 4 members (excludes halogenated alkanes) is 2. The summed E-state index contributed by atoms with van der Waals surface area (Å²) in [6.45, 7) is 8.81. The second kappa shape index (κ2) is 11.8. The van der Waals surface area contributed by atoms with Crippen molar-refractivity contribution in [2.45, 2.75) is 66.7 Å². The van der Waals surface area contributed by atoms with Crippen molar-refractivity contribution >= 4 is 11.8 Å². The Bertz CT molecular complexity index is 605. The van der Waals surface area contributed by atoms with Crippen LogP contribution in [-0.2, 0) is 0 Å². The van der Waals surface area contributed by atoms with Crippen LogP contribution in [0, 0.1) is 5.41 Å². The third-order valence-electron chi connectivity index (χ3n) is 4.40. The zero-order chi connectivity index (χ0) is 19.7. The maximum absolute atomic E-state index is 12.2. The van der Waals surface area contributed by atoms with Crippen LogP contribution in [-0.4, -0.2) is 47.0 Å². The highest BCUT2D eigenvalue weighted by Crippen LogP contribution is 2.21. The molecule has 0 spiro atoms. The number of aromatic carboxylic acids is 1. The molecule has 27 heavy (non-hydrogen) atoms. The third-order valence-corrected chi connectivity index (χ3v) is 4.40. The average molecular weight is 380 g/mol. The minimum Gasteiger partial charge on any atom is -0.508 e. The van der Waals surface area contributed by atoms with Crippen LogP contribution >= 0.6 is 0 Å². The van der Waals surface area contributed by atoms with Crippen LogP contribution in [0.15, 0.2) is 18.2 Å². The van der Waals surface area contributed by atoms with Crippen LogP contribution in [0.3, 0.4) is 0 Å². The van der Waals surface area contributed by atoms with Crippen LogP contribution in [0.5, 0.6) is 5.75 Å². The van der Waals surface area contributed by atoms with E-state index in [1.807, 2.05) is 0 Å². The van der Waals surface area contributed by atoms with Gasteiger partial charge < -0.3 is 15.1 Å². The van der Waals surface area contributed by atoms with E-state index in [9.17, 15) is 14.7 Å². The van der Waals surface area contributed by atoms with E-state index >= 15 is 0 Å². The molecule has 0 atom stereocenters. The second-order valence-corrected chi connectivity index (χ2v) is 8.28. The number of carboxylic acid groups (broad SMARTS) is 1. The molecule has 5 nitrogen and oxygen atoms in total. The Hall–Kier alpha value is -1.88. The van der Waals surface area contributed by atoms with Crippen molar-refractivity contribution < 1.29 is 19.8 Å². The summed E-state index contributed by atoms with van der Waals surface area (Å²) >= 11 is 0. The van der Waals surface area contributed by atoms with Gasteiger partial charge in [0.05, 0.1) is 5.56 Å². The van der Waals surface area contributed by atoms with Crippen molar-refractivity contribution in [3.05, 3.63) is 29.3 Å². The van der Waals surface area contributed by atoms with Gasteiger partial charge >= 0.3 is 5.97 Å². The van der Waals surface area contributed by atoms with E-state index < -0.39 is 5.97 Å². The number of hydrogen-bond donors (Lipinski definition) is 2. The molecule has 154 valence electrons. The summed E-state index contributed by atoms with van der Waals surface area (Å²) in [4.78, 5) is 25.5. The highest BCUT2D eigenvalue weighted by molar-refractivity contribution is 5.99. The lowest BCUT2D eigenvalue weighted by atomic mass is 9.90. The molecule has 0 bridgehead atoms. The van der Waals surface area contributed by atoms with Crippen molar-refractivity contribution in [2.75, 3.05) is 20.1 Å². The molecule has 0 aliphatic rings. The lowest BCUT2D eigenvalue weighted by Gasteiger charge is -2.20.